The Labute approximate surface area is 110 Å². The number of fused-ring (bicyclic) bond motifs is 1. The van der Waals surface area contributed by atoms with Crippen LogP contribution in [0.15, 0.2) is 23.1 Å². The third kappa shape index (κ3) is 2.11. The van der Waals surface area contributed by atoms with Gasteiger partial charge in [-0.05, 0) is 24.5 Å². The number of anilines is 1. The molecule has 0 spiro atoms. The van der Waals surface area contributed by atoms with Crippen molar-refractivity contribution in [3.63, 3.8) is 0 Å². The number of ether oxygens (including phenoxy) is 1. The molecule has 0 fully saturated rings. The monoisotopic (exact) mass is 285 g/mol. The van der Waals surface area contributed by atoms with Crippen LogP contribution in [0, 0.1) is 0 Å². The number of hydrogen-bond acceptors (Lipinski definition) is 6. The van der Waals surface area contributed by atoms with E-state index in [1.54, 1.807) is 12.1 Å². The number of carbonyl (C=O) groups is 1. The number of methoxy groups -OCH3 is 1. The summed E-state index contributed by atoms with van der Waals surface area (Å²) in [6.45, 7) is 0. The van der Waals surface area contributed by atoms with Gasteiger partial charge in [0.1, 0.15) is 4.86 Å². The van der Waals surface area contributed by atoms with Gasteiger partial charge in [0.25, 0.3) is 0 Å². The minimum absolute atomic E-state index is 0.0350. The van der Waals surface area contributed by atoms with Crippen LogP contribution >= 0.6 is 11.8 Å². The number of hydrogen-bond donors (Lipinski definition) is 1. The second-order valence-electron chi connectivity index (χ2n) is 3.61. The van der Waals surface area contributed by atoms with Crippen LogP contribution in [0.4, 0.5) is 5.69 Å². The largest absolute Gasteiger partial charge is 0.467 e. The Hall–Kier alpha value is -1.47. The molecule has 0 saturated carbocycles. The van der Waals surface area contributed by atoms with Crippen LogP contribution in [-0.4, -0.2) is 38.7 Å². The maximum atomic E-state index is 11.6. The first kappa shape index (κ1) is 13.0. The molecule has 0 saturated heterocycles. The van der Waals surface area contributed by atoms with Crippen LogP contribution < -0.4 is 5.32 Å². The molecule has 96 valence electrons. The van der Waals surface area contributed by atoms with Gasteiger partial charge in [0, 0.05) is 16.1 Å². The normalized spacial score (nSPS) is 17.0. The minimum atomic E-state index is -2.47. The van der Waals surface area contributed by atoms with Gasteiger partial charge >= 0.3 is 5.97 Å². The topological polar surface area (TPSA) is 72.5 Å². The fourth-order valence-electron chi connectivity index (χ4n) is 1.83. The Morgan fingerprint density at radius 2 is 2.17 bits per heavy atom. The lowest BCUT2D eigenvalue weighted by Gasteiger charge is -2.07. The molecule has 1 aromatic rings. The molecule has 18 heavy (non-hydrogen) atoms. The van der Waals surface area contributed by atoms with Gasteiger partial charge in [0.2, 0.25) is 10.3 Å². The van der Waals surface area contributed by atoms with E-state index in [0.29, 0.717) is 11.3 Å². The van der Waals surface area contributed by atoms with E-state index in [-0.39, 0.29) is 4.86 Å². The fraction of sp³-hybridized carbons (Fsp3) is 0.273. The van der Waals surface area contributed by atoms with E-state index >= 15 is 0 Å². The molecule has 1 unspecified atom stereocenters. The summed E-state index contributed by atoms with van der Waals surface area (Å²) in [5.74, 6) is -0.615. The zero-order chi connectivity index (χ0) is 13.3. The van der Waals surface area contributed by atoms with Crippen molar-refractivity contribution in [1.82, 2.24) is 0 Å². The van der Waals surface area contributed by atoms with Crippen molar-refractivity contribution in [2.45, 2.75) is 10.9 Å². The van der Waals surface area contributed by atoms with Crippen LogP contribution in [0.2, 0.25) is 0 Å². The zero-order valence-electron chi connectivity index (χ0n) is 9.76. The highest BCUT2D eigenvalue weighted by Gasteiger charge is 2.35. The second kappa shape index (κ2) is 5.03. The van der Waals surface area contributed by atoms with Crippen LogP contribution in [0.25, 0.3) is 0 Å². The highest BCUT2D eigenvalue weighted by Crippen LogP contribution is 2.30. The third-order valence-electron chi connectivity index (χ3n) is 2.67. The van der Waals surface area contributed by atoms with Gasteiger partial charge in [-0.1, -0.05) is 0 Å². The molecule has 1 N–H and O–H groups in total. The average Bonchev–Trinajstić information content (AvgIpc) is 2.75. The number of benzene rings is 1. The van der Waals surface area contributed by atoms with Crippen molar-refractivity contribution in [3.8, 4) is 0 Å². The Morgan fingerprint density at radius 1 is 1.44 bits per heavy atom. The van der Waals surface area contributed by atoms with Gasteiger partial charge in [-0.25, -0.2) is 4.79 Å². The summed E-state index contributed by atoms with van der Waals surface area (Å²) in [7, 11) is -1.24. The van der Waals surface area contributed by atoms with E-state index < -0.39 is 22.3 Å². The molecule has 0 aliphatic carbocycles. The zero-order valence-corrected chi connectivity index (χ0v) is 11.4. The molecule has 1 aliphatic rings. The summed E-state index contributed by atoms with van der Waals surface area (Å²) in [6, 6.07) is 4.42. The van der Waals surface area contributed by atoms with Crippen LogP contribution in [-0.2, 0) is 19.8 Å². The van der Waals surface area contributed by atoms with E-state index in [1.165, 1.54) is 18.9 Å². The number of nitrogens with one attached hydrogen (secondary N) is 1. The number of rotatable bonds is 2. The molecular formula is C11H11NO4S2. The lowest BCUT2D eigenvalue weighted by atomic mass is 10.1. The maximum absolute atomic E-state index is 11.6. The molecule has 0 aromatic heterocycles. The Bertz CT molecular complexity index is 628. The third-order valence-corrected chi connectivity index (χ3v) is 4.21. The SMILES string of the molecule is COC(=O)C1Nc2ccc(SC)cc2C1=S(=O)=O. The van der Waals surface area contributed by atoms with Crippen LogP contribution in [0.5, 0.6) is 0 Å². The van der Waals surface area contributed by atoms with Crippen molar-refractivity contribution in [1.29, 1.82) is 0 Å². The van der Waals surface area contributed by atoms with Gasteiger partial charge in [0.15, 0.2) is 6.04 Å². The van der Waals surface area contributed by atoms with Crippen molar-refractivity contribution in [2.75, 3.05) is 18.7 Å². The van der Waals surface area contributed by atoms with Crippen LogP contribution in [0.3, 0.4) is 0 Å². The summed E-state index contributed by atoms with van der Waals surface area (Å²) in [5, 5.41) is 2.85. The summed E-state index contributed by atoms with van der Waals surface area (Å²) in [5.41, 5.74) is 1.16. The second-order valence-corrected chi connectivity index (χ2v) is 5.40. The molecular weight excluding hydrogens is 274 g/mol. The molecule has 1 atom stereocenters. The minimum Gasteiger partial charge on any atom is -0.467 e. The average molecular weight is 285 g/mol. The lowest BCUT2D eigenvalue weighted by Crippen LogP contribution is -2.34. The maximum Gasteiger partial charge on any atom is 0.334 e. The number of esters is 1. The van der Waals surface area contributed by atoms with Gasteiger partial charge in [-0.3, -0.25) is 0 Å². The lowest BCUT2D eigenvalue weighted by molar-refractivity contribution is -0.139. The Kier molecular flexibility index (Phi) is 3.63. The quantitative estimate of drug-likeness (QED) is 0.492. The van der Waals surface area contributed by atoms with Crippen molar-refractivity contribution in [2.24, 2.45) is 0 Å². The first-order valence-corrected chi connectivity index (χ1v) is 7.37. The highest BCUT2D eigenvalue weighted by atomic mass is 32.2. The molecule has 1 heterocycles. The molecule has 1 aliphatic heterocycles. The molecule has 0 amide bonds. The summed E-state index contributed by atoms with van der Waals surface area (Å²) in [4.78, 5) is 12.5. The number of thioether (sulfide) groups is 1. The van der Waals surface area contributed by atoms with E-state index in [4.69, 9.17) is 0 Å². The Morgan fingerprint density at radius 3 is 2.72 bits per heavy atom. The van der Waals surface area contributed by atoms with Gasteiger partial charge < -0.3 is 10.1 Å². The van der Waals surface area contributed by atoms with Gasteiger partial charge in [-0.15, -0.1) is 11.8 Å². The standard InChI is InChI=1S/C11H11NO4S2/c1-16-11(13)9-10(18(14)15)7-5-6(17-2)3-4-8(7)12-9/h3-5,9,12H,1-2H3. The van der Waals surface area contributed by atoms with Crippen molar-refractivity contribution >= 4 is 38.6 Å². The summed E-state index contributed by atoms with van der Waals surface area (Å²) in [6.07, 6.45) is 1.90. The molecule has 5 nitrogen and oxygen atoms in total. The molecule has 0 radical (unpaired) electrons. The Balaban J connectivity index is 2.59. The van der Waals surface area contributed by atoms with E-state index in [1.807, 2.05) is 12.3 Å². The van der Waals surface area contributed by atoms with E-state index in [9.17, 15) is 13.2 Å². The van der Waals surface area contributed by atoms with Crippen LogP contribution in [0.1, 0.15) is 5.56 Å². The van der Waals surface area contributed by atoms with E-state index in [2.05, 4.69) is 10.1 Å². The highest BCUT2D eigenvalue weighted by molar-refractivity contribution is 7.98. The van der Waals surface area contributed by atoms with Crippen molar-refractivity contribution < 1.29 is 17.9 Å². The number of carbonyl (C=O) groups excluding carboxylic acids is 1. The fourth-order valence-corrected chi connectivity index (χ4v) is 2.96. The molecule has 7 heteroatoms. The molecule has 0 bridgehead atoms. The first-order valence-electron chi connectivity index (χ1n) is 5.07. The molecule has 1 aromatic carbocycles. The van der Waals surface area contributed by atoms with Gasteiger partial charge in [-0.2, -0.15) is 8.42 Å². The molecule has 2 rings (SSSR count). The van der Waals surface area contributed by atoms with E-state index in [0.717, 1.165) is 4.90 Å². The predicted octanol–water partition coefficient (Wildman–Crippen LogP) is 0.775. The predicted molar refractivity (Wildman–Crippen MR) is 70.7 cm³/mol. The first-order chi connectivity index (χ1) is 8.58. The smallest absolute Gasteiger partial charge is 0.334 e. The summed E-state index contributed by atoms with van der Waals surface area (Å²) >= 11 is 1.51. The van der Waals surface area contributed by atoms with Gasteiger partial charge in [0.05, 0.1) is 7.11 Å². The summed E-state index contributed by atoms with van der Waals surface area (Å²) < 4.78 is 27.2. The van der Waals surface area contributed by atoms with Crippen molar-refractivity contribution in [3.05, 3.63) is 23.8 Å².